The van der Waals surface area contributed by atoms with Crippen LogP contribution in [0.2, 0.25) is 0 Å². The smallest absolute Gasteiger partial charge is 0.332 e. The van der Waals surface area contributed by atoms with E-state index in [0.29, 0.717) is 18.5 Å². The van der Waals surface area contributed by atoms with Gasteiger partial charge in [-0.15, -0.1) is 0 Å². The maximum Gasteiger partial charge on any atom is 0.332 e. The number of aliphatic carboxylic acids is 1. The third-order valence-corrected chi connectivity index (χ3v) is 3.80. The predicted octanol–water partition coefficient (Wildman–Crippen LogP) is 1.63. The van der Waals surface area contributed by atoms with Gasteiger partial charge in [-0.3, -0.25) is 9.48 Å². The van der Waals surface area contributed by atoms with Gasteiger partial charge in [-0.2, -0.15) is 5.10 Å². The fraction of sp³-hybridized carbons (Fsp3) is 0.400. The molecule has 0 bridgehead atoms. The summed E-state index contributed by atoms with van der Waals surface area (Å²) in [5, 5.41) is 16.9. The molecule has 1 aromatic carbocycles. The summed E-state index contributed by atoms with van der Waals surface area (Å²) in [6, 6.07) is 5.54. The van der Waals surface area contributed by atoms with E-state index in [1.807, 2.05) is 23.7 Å². The van der Waals surface area contributed by atoms with Crippen molar-refractivity contribution in [3.05, 3.63) is 24.4 Å². The number of carbonyl (C=O) groups is 2. The first-order chi connectivity index (χ1) is 10.6. The van der Waals surface area contributed by atoms with E-state index in [4.69, 9.17) is 9.84 Å². The summed E-state index contributed by atoms with van der Waals surface area (Å²) < 4.78 is 7.09. The summed E-state index contributed by atoms with van der Waals surface area (Å²) in [6.07, 6.45) is 0.947. The van der Waals surface area contributed by atoms with Crippen LogP contribution in [0.1, 0.15) is 19.8 Å². The molecule has 0 aliphatic carbocycles. The topological polar surface area (TPSA) is 93.5 Å². The van der Waals surface area contributed by atoms with Crippen molar-refractivity contribution in [3.63, 3.8) is 0 Å². The van der Waals surface area contributed by atoms with Crippen LogP contribution in [-0.4, -0.2) is 39.0 Å². The standard InChI is InChI=1S/C15H17N3O4/c1-2-18-11-7-10(4-3-9(11)8-16-18)17-14(19)12-5-6-13(22-12)15(20)21/h3-4,7-8,12-13H,2,5-6H2,1H3,(H,17,19)(H,20,21)/t12-,13+/m0/s1. The summed E-state index contributed by atoms with van der Waals surface area (Å²) in [7, 11) is 0. The van der Waals surface area contributed by atoms with Crippen LogP contribution >= 0.6 is 0 Å². The van der Waals surface area contributed by atoms with Crippen LogP contribution in [0, 0.1) is 0 Å². The molecule has 116 valence electrons. The van der Waals surface area contributed by atoms with E-state index in [9.17, 15) is 9.59 Å². The van der Waals surface area contributed by atoms with Gasteiger partial charge in [-0.05, 0) is 38.0 Å². The highest BCUT2D eigenvalue weighted by atomic mass is 16.5. The second-order valence-corrected chi connectivity index (χ2v) is 5.25. The van der Waals surface area contributed by atoms with Gasteiger partial charge in [0.1, 0.15) is 6.10 Å². The molecule has 1 aliphatic rings. The van der Waals surface area contributed by atoms with Crippen molar-refractivity contribution in [2.75, 3.05) is 5.32 Å². The Morgan fingerprint density at radius 1 is 1.41 bits per heavy atom. The minimum absolute atomic E-state index is 0.314. The van der Waals surface area contributed by atoms with Gasteiger partial charge in [-0.1, -0.05) is 0 Å². The van der Waals surface area contributed by atoms with Crippen LogP contribution in [0.5, 0.6) is 0 Å². The number of anilines is 1. The first-order valence-electron chi connectivity index (χ1n) is 7.23. The summed E-state index contributed by atoms with van der Waals surface area (Å²) >= 11 is 0. The van der Waals surface area contributed by atoms with Gasteiger partial charge < -0.3 is 15.2 Å². The first-order valence-corrected chi connectivity index (χ1v) is 7.23. The average Bonchev–Trinajstić information content (AvgIpc) is 3.13. The third-order valence-electron chi connectivity index (χ3n) is 3.80. The number of benzene rings is 1. The van der Waals surface area contributed by atoms with Crippen LogP contribution in [0.3, 0.4) is 0 Å². The Morgan fingerprint density at radius 3 is 2.86 bits per heavy atom. The van der Waals surface area contributed by atoms with Crippen molar-refractivity contribution < 1.29 is 19.4 Å². The molecule has 22 heavy (non-hydrogen) atoms. The lowest BCUT2D eigenvalue weighted by Crippen LogP contribution is -2.29. The van der Waals surface area contributed by atoms with E-state index in [0.717, 1.165) is 17.4 Å². The number of hydrogen-bond acceptors (Lipinski definition) is 4. The Bertz CT molecular complexity index is 725. The van der Waals surface area contributed by atoms with E-state index in [1.165, 1.54) is 0 Å². The van der Waals surface area contributed by atoms with Gasteiger partial charge in [-0.25, -0.2) is 4.79 Å². The number of nitrogens with one attached hydrogen (secondary N) is 1. The molecule has 2 heterocycles. The molecule has 1 fully saturated rings. The van der Waals surface area contributed by atoms with Crippen molar-refractivity contribution >= 4 is 28.5 Å². The number of ether oxygens (including phenoxy) is 1. The normalized spacial score (nSPS) is 21.1. The summed E-state index contributed by atoms with van der Waals surface area (Å²) in [6.45, 7) is 2.74. The third kappa shape index (κ3) is 2.67. The van der Waals surface area contributed by atoms with E-state index in [-0.39, 0.29) is 5.91 Å². The molecule has 2 aromatic rings. The number of carbonyl (C=O) groups excluding carboxylic acids is 1. The lowest BCUT2D eigenvalue weighted by atomic mass is 10.2. The summed E-state index contributed by atoms with van der Waals surface area (Å²) in [5.41, 5.74) is 1.59. The second kappa shape index (κ2) is 5.76. The molecule has 0 saturated carbocycles. The SMILES string of the molecule is CCn1ncc2ccc(NC(=O)[C@@H]3CC[C@H](C(=O)O)O3)cc21. The predicted molar refractivity (Wildman–Crippen MR) is 79.6 cm³/mol. The van der Waals surface area contributed by atoms with Gasteiger partial charge in [0.2, 0.25) is 0 Å². The van der Waals surface area contributed by atoms with Crippen molar-refractivity contribution in [3.8, 4) is 0 Å². The van der Waals surface area contributed by atoms with Gasteiger partial charge in [0.15, 0.2) is 6.10 Å². The van der Waals surface area contributed by atoms with Crippen molar-refractivity contribution in [2.45, 2.75) is 38.5 Å². The van der Waals surface area contributed by atoms with Crippen LogP contribution in [0.4, 0.5) is 5.69 Å². The Kier molecular flexibility index (Phi) is 3.81. The van der Waals surface area contributed by atoms with Gasteiger partial charge in [0.05, 0.1) is 11.7 Å². The molecule has 0 radical (unpaired) electrons. The van der Waals surface area contributed by atoms with Gasteiger partial charge >= 0.3 is 5.97 Å². The maximum atomic E-state index is 12.2. The quantitative estimate of drug-likeness (QED) is 0.895. The zero-order valence-electron chi connectivity index (χ0n) is 12.2. The molecular weight excluding hydrogens is 286 g/mol. The van der Waals surface area contributed by atoms with Crippen molar-refractivity contribution in [2.24, 2.45) is 0 Å². The molecular formula is C15H17N3O4. The maximum absolute atomic E-state index is 12.2. The molecule has 0 unspecified atom stereocenters. The summed E-state index contributed by atoms with van der Waals surface area (Å²) in [5.74, 6) is -1.34. The number of aromatic nitrogens is 2. The number of nitrogens with zero attached hydrogens (tertiary/aromatic N) is 2. The number of carboxylic acids is 1. The van der Waals surface area contributed by atoms with Crippen LogP contribution < -0.4 is 5.32 Å². The number of rotatable bonds is 4. The number of fused-ring (bicyclic) bond motifs is 1. The zero-order valence-corrected chi connectivity index (χ0v) is 12.2. The average molecular weight is 303 g/mol. The number of carboxylic acid groups (broad SMARTS) is 1. The highest BCUT2D eigenvalue weighted by Gasteiger charge is 2.34. The molecule has 7 heteroatoms. The largest absolute Gasteiger partial charge is 0.479 e. The number of amides is 1. The lowest BCUT2D eigenvalue weighted by Gasteiger charge is -2.12. The summed E-state index contributed by atoms with van der Waals surface area (Å²) in [4.78, 5) is 23.0. The Labute approximate surface area is 126 Å². The van der Waals surface area contributed by atoms with Crippen molar-refractivity contribution in [1.29, 1.82) is 0 Å². The molecule has 1 saturated heterocycles. The molecule has 2 N–H and O–H groups in total. The van der Waals surface area contributed by atoms with E-state index in [2.05, 4.69) is 10.4 Å². The number of aryl methyl sites for hydroxylation is 1. The molecule has 1 amide bonds. The fourth-order valence-electron chi connectivity index (χ4n) is 2.63. The zero-order chi connectivity index (χ0) is 15.7. The second-order valence-electron chi connectivity index (χ2n) is 5.25. The highest BCUT2D eigenvalue weighted by molar-refractivity contribution is 5.96. The molecule has 3 rings (SSSR count). The van der Waals surface area contributed by atoms with Crippen LogP contribution in [0.15, 0.2) is 24.4 Å². The molecule has 2 atom stereocenters. The van der Waals surface area contributed by atoms with Gasteiger partial charge in [0.25, 0.3) is 5.91 Å². The molecule has 0 spiro atoms. The molecule has 1 aliphatic heterocycles. The van der Waals surface area contributed by atoms with Crippen molar-refractivity contribution in [1.82, 2.24) is 9.78 Å². The lowest BCUT2D eigenvalue weighted by molar-refractivity contribution is -0.150. The Balaban J connectivity index is 1.73. The highest BCUT2D eigenvalue weighted by Crippen LogP contribution is 2.23. The van der Waals surface area contributed by atoms with E-state index < -0.39 is 18.2 Å². The first kappa shape index (κ1) is 14.5. The Hall–Kier alpha value is -2.41. The number of hydrogen-bond donors (Lipinski definition) is 2. The molecule has 7 nitrogen and oxygen atoms in total. The van der Waals surface area contributed by atoms with E-state index >= 15 is 0 Å². The molecule has 1 aromatic heterocycles. The van der Waals surface area contributed by atoms with Crippen LogP contribution in [0.25, 0.3) is 10.9 Å². The minimum Gasteiger partial charge on any atom is -0.479 e. The van der Waals surface area contributed by atoms with E-state index in [1.54, 1.807) is 12.3 Å². The van der Waals surface area contributed by atoms with Gasteiger partial charge in [0, 0.05) is 17.6 Å². The van der Waals surface area contributed by atoms with Crippen LogP contribution in [-0.2, 0) is 20.9 Å². The monoisotopic (exact) mass is 303 g/mol. The fourth-order valence-corrected chi connectivity index (χ4v) is 2.63. The minimum atomic E-state index is -1.02. The Morgan fingerprint density at radius 2 is 2.18 bits per heavy atom.